The van der Waals surface area contributed by atoms with Crippen LogP contribution in [0.15, 0.2) is 22.6 Å². The number of benzene rings is 1. The second-order valence-corrected chi connectivity index (χ2v) is 6.38. The van der Waals surface area contributed by atoms with Crippen LogP contribution in [0, 0.1) is 12.8 Å². The zero-order chi connectivity index (χ0) is 16.1. The number of oxazole rings is 1. The third-order valence-corrected chi connectivity index (χ3v) is 4.50. The van der Waals surface area contributed by atoms with Gasteiger partial charge >= 0.3 is 0 Å². The van der Waals surface area contributed by atoms with Crippen molar-refractivity contribution in [1.29, 1.82) is 0 Å². The van der Waals surface area contributed by atoms with Crippen LogP contribution in [0.5, 0.6) is 0 Å². The van der Waals surface area contributed by atoms with Crippen LogP contribution in [0.1, 0.15) is 37.1 Å². The fourth-order valence-electron chi connectivity index (χ4n) is 3.18. The molecule has 24 heavy (non-hydrogen) atoms. The van der Waals surface area contributed by atoms with Crippen molar-refractivity contribution in [2.24, 2.45) is 5.92 Å². The summed E-state index contributed by atoms with van der Waals surface area (Å²) in [6, 6.07) is 5.92. The molecule has 2 aromatic rings. The molecular formula is C18H26ClN3O2. The van der Waals surface area contributed by atoms with E-state index in [0.29, 0.717) is 31.2 Å². The molecule has 1 aliphatic rings. The lowest BCUT2D eigenvalue weighted by atomic mass is 9.96. The van der Waals surface area contributed by atoms with E-state index >= 15 is 0 Å². The van der Waals surface area contributed by atoms with E-state index in [2.05, 4.69) is 15.6 Å². The van der Waals surface area contributed by atoms with E-state index in [-0.39, 0.29) is 18.3 Å². The molecule has 2 heterocycles. The molecule has 1 fully saturated rings. The van der Waals surface area contributed by atoms with Crippen LogP contribution in [0.25, 0.3) is 11.1 Å². The van der Waals surface area contributed by atoms with Gasteiger partial charge in [0, 0.05) is 19.4 Å². The van der Waals surface area contributed by atoms with Crippen molar-refractivity contribution in [3.63, 3.8) is 0 Å². The highest BCUT2D eigenvalue weighted by molar-refractivity contribution is 5.85. The number of rotatable bonds is 5. The number of aromatic nitrogens is 1. The van der Waals surface area contributed by atoms with Gasteiger partial charge in [-0.1, -0.05) is 12.1 Å². The van der Waals surface area contributed by atoms with E-state index in [4.69, 9.17) is 4.42 Å². The summed E-state index contributed by atoms with van der Waals surface area (Å²) >= 11 is 0. The molecule has 2 N–H and O–H groups in total. The summed E-state index contributed by atoms with van der Waals surface area (Å²) in [6.45, 7) is 4.71. The van der Waals surface area contributed by atoms with Crippen molar-refractivity contribution >= 4 is 29.4 Å². The third-order valence-electron chi connectivity index (χ3n) is 4.50. The summed E-state index contributed by atoms with van der Waals surface area (Å²) in [5, 5.41) is 6.38. The van der Waals surface area contributed by atoms with Crippen molar-refractivity contribution in [1.82, 2.24) is 15.6 Å². The Morgan fingerprint density at radius 2 is 2.25 bits per heavy atom. The van der Waals surface area contributed by atoms with Crippen LogP contribution < -0.4 is 10.6 Å². The van der Waals surface area contributed by atoms with Gasteiger partial charge in [-0.15, -0.1) is 12.4 Å². The van der Waals surface area contributed by atoms with Gasteiger partial charge in [-0.2, -0.15) is 0 Å². The molecule has 1 aliphatic heterocycles. The molecule has 0 saturated carbocycles. The van der Waals surface area contributed by atoms with Crippen molar-refractivity contribution in [3.05, 3.63) is 29.7 Å². The van der Waals surface area contributed by atoms with E-state index in [1.54, 1.807) is 0 Å². The van der Waals surface area contributed by atoms with Crippen molar-refractivity contribution in [2.75, 3.05) is 19.6 Å². The van der Waals surface area contributed by atoms with Gasteiger partial charge < -0.3 is 15.1 Å². The smallest absolute Gasteiger partial charge is 0.220 e. The normalized spacial score (nSPS) is 18.0. The molecule has 1 atom stereocenters. The summed E-state index contributed by atoms with van der Waals surface area (Å²) in [4.78, 5) is 16.6. The molecule has 5 nitrogen and oxygen atoms in total. The number of halogens is 1. The molecule has 6 heteroatoms. The Kier molecular flexibility index (Phi) is 7.06. The molecule has 1 aromatic heterocycles. The first-order valence-electron chi connectivity index (χ1n) is 8.55. The second-order valence-electron chi connectivity index (χ2n) is 6.38. The van der Waals surface area contributed by atoms with Gasteiger partial charge in [0.15, 0.2) is 11.5 Å². The maximum atomic E-state index is 12.1. The van der Waals surface area contributed by atoms with Gasteiger partial charge in [-0.3, -0.25) is 4.79 Å². The zero-order valence-corrected chi connectivity index (χ0v) is 15.0. The minimum atomic E-state index is 0. The second kappa shape index (κ2) is 9.04. The summed E-state index contributed by atoms with van der Waals surface area (Å²) < 4.78 is 5.73. The largest absolute Gasteiger partial charge is 0.441 e. The average Bonchev–Trinajstić information content (AvgIpc) is 2.78. The summed E-state index contributed by atoms with van der Waals surface area (Å²) in [5.74, 6) is 1.34. The standard InChI is InChI=1S/C18H25N3O2.ClH/c1-13-4-2-6-15-18(13)21-17(23-15)8-11-20-16(22)12-14-5-3-9-19-10-7-14;/h2,4,6,14,19H,3,5,7-12H2,1H3,(H,20,22);1H. The fraction of sp³-hybridized carbons (Fsp3) is 0.556. The molecule has 1 unspecified atom stereocenters. The predicted octanol–water partition coefficient (Wildman–Crippen LogP) is 3.00. The number of carbonyl (C=O) groups is 1. The Bertz CT molecular complexity index is 663. The Labute approximate surface area is 149 Å². The number of fused-ring (bicyclic) bond motifs is 1. The van der Waals surface area contributed by atoms with Gasteiger partial charge in [-0.25, -0.2) is 4.98 Å². The van der Waals surface area contributed by atoms with Crippen molar-refractivity contribution in [3.8, 4) is 0 Å². The molecule has 0 radical (unpaired) electrons. The first kappa shape index (κ1) is 18.7. The van der Waals surface area contributed by atoms with Gasteiger partial charge in [0.2, 0.25) is 5.91 Å². The number of nitrogens with zero attached hydrogens (tertiary/aromatic N) is 1. The molecule has 1 saturated heterocycles. The first-order chi connectivity index (χ1) is 11.2. The number of hydrogen-bond donors (Lipinski definition) is 2. The number of hydrogen-bond acceptors (Lipinski definition) is 4. The quantitative estimate of drug-likeness (QED) is 0.869. The highest BCUT2D eigenvalue weighted by atomic mass is 35.5. The van der Waals surface area contributed by atoms with E-state index in [0.717, 1.165) is 42.6 Å². The van der Waals surface area contributed by atoms with Gasteiger partial charge in [0.25, 0.3) is 0 Å². The highest BCUT2D eigenvalue weighted by Crippen LogP contribution is 2.19. The minimum Gasteiger partial charge on any atom is -0.441 e. The zero-order valence-electron chi connectivity index (χ0n) is 14.1. The van der Waals surface area contributed by atoms with Crippen LogP contribution >= 0.6 is 12.4 Å². The topological polar surface area (TPSA) is 67.2 Å². The highest BCUT2D eigenvalue weighted by Gasteiger charge is 2.16. The monoisotopic (exact) mass is 351 g/mol. The Morgan fingerprint density at radius 1 is 1.38 bits per heavy atom. The molecule has 3 rings (SSSR count). The molecule has 132 valence electrons. The molecular weight excluding hydrogens is 326 g/mol. The summed E-state index contributed by atoms with van der Waals surface area (Å²) in [7, 11) is 0. The van der Waals surface area contributed by atoms with E-state index < -0.39 is 0 Å². The van der Waals surface area contributed by atoms with Crippen LogP contribution in [0.3, 0.4) is 0 Å². The fourth-order valence-corrected chi connectivity index (χ4v) is 3.18. The van der Waals surface area contributed by atoms with Crippen molar-refractivity contribution in [2.45, 2.75) is 39.0 Å². The van der Waals surface area contributed by atoms with E-state index in [1.165, 1.54) is 6.42 Å². The van der Waals surface area contributed by atoms with Crippen LogP contribution in [0.2, 0.25) is 0 Å². The maximum Gasteiger partial charge on any atom is 0.220 e. The third kappa shape index (κ3) is 4.95. The van der Waals surface area contributed by atoms with Gasteiger partial charge in [-0.05, 0) is 56.8 Å². The summed E-state index contributed by atoms with van der Waals surface area (Å²) in [6.07, 6.45) is 4.67. The van der Waals surface area contributed by atoms with E-state index in [1.807, 2.05) is 25.1 Å². The Hall–Kier alpha value is -1.59. The molecule has 0 bridgehead atoms. The lowest BCUT2D eigenvalue weighted by Gasteiger charge is -2.12. The molecule has 1 amide bonds. The lowest BCUT2D eigenvalue weighted by molar-refractivity contribution is -0.122. The molecule has 0 spiro atoms. The molecule has 1 aromatic carbocycles. The maximum absolute atomic E-state index is 12.1. The Morgan fingerprint density at radius 3 is 3.08 bits per heavy atom. The molecule has 0 aliphatic carbocycles. The number of aryl methyl sites for hydroxylation is 1. The van der Waals surface area contributed by atoms with Crippen LogP contribution in [0.4, 0.5) is 0 Å². The van der Waals surface area contributed by atoms with E-state index in [9.17, 15) is 4.79 Å². The number of nitrogens with one attached hydrogen (secondary N) is 2. The lowest BCUT2D eigenvalue weighted by Crippen LogP contribution is -2.28. The van der Waals surface area contributed by atoms with Gasteiger partial charge in [0.1, 0.15) is 5.52 Å². The minimum absolute atomic E-state index is 0. The number of amides is 1. The predicted molar refractivity (Wildman–Crippen MR) is 97.5 cm³/mol. The van der Waals surface area contributed by atoms with Crippen molar-refractivity contribution < 1.29 is 9.21 Å². The Balaban J connectivity index is 0.00000208. The number of para-hydroxylation sites is 1. The van der Waals surface area contributed by atoms with Crippen LogP contribution in [-0.2, 0) is 11.2 Å². The van der Waals surface area contributed by atoms with Crippen LogP contribution in [-0.4, -0.2) is 30.5 Å². The van der Waals surface area contributed by atoms with Gasteiger partial charge in [0.05, 0.1) is 0 Å². The summed E-state index contributed by atoms with van der Waals surface area (Å²) in [5.41, 5.74) is 2.85. The number of carbonyl (C=O) groups excluding carboxylic acids is 1. The SMILES string of the molecule is Cc1cccc2oc(CCNC(=O)CC3CCCNCC3)nc12.Cl. The average molecular weight is 352 g/mol. The first-order valence-corrected chi connectivity index (χ1v) is 8.55.